The van der Waals surface area contributed by atoms with Gasteiger partial charge in [-0.15, -0.1) is 0 Å². The molecule has 0 unspecified atom stereocenters. The maximum Gasteiger partial charge on any atom is 0.337 e. The van der Waals surface area contributed by atoms with Crippen LogP contribution in [0.4, 0.5) is 4.39 Å². The van der Waals surface area contributed by atoms with Crippen molar-refractivity contribution < 1.29 is 19.0 Å². The number of aromatic carboxylic acids is 1. The first-order valence-corrected chi connectivity index (χ1v) is 5.96. The third kappa shape index (κ3) is 2.54. The Morgan fingerprint density at radius 1 is 1.48 bits per heavy atom. The van der Waals surface area contributed by atoms with Crippen molar-refractivity contribution in [3.05, 3.63) is 47.0 Å². The zero-order valence-electron chi connectivity index (χ0n) is 11.3. The summed E-state index contributed by atoms with van der Waals surface area (Å²) in [4.78, 5) is 15.2. The summed E-state index contributed by atoms with van der Waals surface area (Å²) in [6.45, 7) is 1.66. The normalized spacial score (nSPS) is 10.0. The molecular weight excluding hydrogens is 275 g/mol. The molecule has 0 radical (unpaired) electrons. The SMILES string of the molecule is COc1ccc(C#N)c(F)c1-c1cc(C)ncc1C(=O)O. The topological polar surface area (TPSA) is 83.2 Å². The Hall–Kier alpha value is -2.94. The Bertz CT molecular complexity index is 766. The fourth-order valence-corrected chi connectivity index (χ4v) is 2.00. The number of aryl methyl sites for hydroxylation is 1. The van der Waals surface area contributed by atoms with Gasteiger partial charge in [0.05, 0.1) is 23.8 Å². The molecule has 0 aliphatic carbocycles. The van der Waals surface area contributed by atoms with Gasteiger partial charge < -0.3 is 9.84 Å². The summed E-state index contributed by atoms with van der Waals surface area (Å²) in [5.41, 5.74) is 0.254. The van der Waals surface area contributed by atoms with E-state index in [4.69, 9.17) is 10.00 Å². The van der Waals surface area contributed by atoms with Crippen LogP contribution in [0.2, 0.25) is 0 Å². The van der Waals surface area contributed by atoms with E-state index in [9.17, 15) is 14.3 Å². The molecule has 0 aliphatic heterocycles. The molecule has 21 heavy (non-hydrogen) atoms. The molecule has 106 valence electrons. The van der Waals surface area contributed by atoms with E-state index >= 15 is 0 Å². The van der Waals surface area contributed by atoms with Crippen LogP contribution in [0.15, 0.2) is 24.4 Å². The predicted molar refractivity (Wildman–Crippen MR) is 72.6 cm³/mol. The highest BCUT2D eigenvalue weighted by Crippen LogP contribution is 2.36. The third-order valence-electron chi connectivity index (χ3n) is 2.98. The summed E-state index contributed by atoms with van der Waals surface area (Å²) in [6, 6.07) is 5.89. The van der Waals surface area contributed by atoms with Crippen molar-refractivity contribution in [3.8, 4) is 22.9 Å². The van der Waals surface area contributed by atoms with Gasteiger partial charge in [0, 0.05) is 17.5 Å². The van der Waals surface area contributed by atoms with Crippen molar-refractivity contribution in [2.45, 2.75) is 6.92 Å². The molecule has 0 fully saturated rings. The minimum Gasteiger partial charge on any atom is -0.496 e. The number of carbonyl (C=O) groups is 1. The van der Waals surface area contributed by atoms with E-state index < -0.39 is 11.8 Å². The first-order valence-electron chi connectivity index (χ1n) is 5.96. The van der Waals surface area contributed by atoms with Crippen LogP contribution in [-0.4, -0.2) is 23.2 Å². The number of halogens is 1. The molecule has 1 aromatic carbocycles. The molecule has 0 bridgehead atoms. The summed E-state index contributed by atoms with van der Waals surface area (Å²) >= 11 is 0. The van der Waals surface area contributed by atoms with Gasteiger partial charge in [-0.05, 0) is 25.1 Å². The highest BCUT2D eigenvalue weighted by atomic mass is 19.1. The van der Waals surface area contributed by atoms with Crippen molar-refractivity contribution >= 4 is 5.97 Å². The van der Waals surface area contributed by atoms with Gasteiger partial charge in [-0.3, -0.25) is 4.98 Å². The summed E-state index contributed by atoms with van der Waals surface area (Å²) < 4.78 is 19.6. The van der Waals surface area contributed by atoms with Crippen molar-refractivity contribution in [1.82, 2.24) is 4.98 Å². The lowest BCUT2D eigenvalue weighted by molar-refractivity contribution is 0.0697. The van der Waals surface area contributed by atoms with Crippen molar-refractivity contribution in [3.63, 3.8) is 0 Å². The van der Waals surface area contributed by atoms with Gasteiger partial charge >= 0.3 is 5.97 Å². The van der Waals surface area contributed by atoms with Gasteiger partial charge in [-0.1, -0.05) is 0 Å². The van der Waals surface area contributed by atoms with Crippen LogP contribution in [0.1, 0.15) is 21.6 Å². The highest BCUT2D eigenvalue weighted by molar-refractivity contribution is 5.97. The molecule has 5 nitrogen and oxygen atoms in total. The van der Waals surface area contributed by atoms with Gasteiger partial charge in [-0.2, -0.15) is 5.26 Å². The second-order valence-electron chi connectivity index (χ2n) is 4.29. The molecular formula is C15H11FN2O3. The first-order chi connectivity index (χ1) is 9.99. The molecule has 2 rings (SSSR count). The lowest BCUT2D eigenvalue weighted by Crippen LogP contribution is -2.04. The number of nitrogens with zero attached hydrogens (tertiary/aromatic N) is 2. The molecule has 2 aromatic rings. The number of carboxylic acids is 1. The van der Waals surface area contributed by atoms with Gasteiger partial charge in [0.15, 0.2) is 5.82 Å². The zero-order valence-corrected chi connectivity index (χ0v) is 11.3. The predicted octanol–water partition coefficient (Wildman–Crippen LogP) is 2.77. The molecule has 0 saturated carbocycles. The third-order valence-corrected chi connectivity index (χ3v) is 2.98. The molecule has 1 aromatic heterocycles. The molecule has 0 aliphatic rings. The Morgan fingerprint density at radius 2 is 2.19 bits per heavy atom. The second kappa shape index (κ2) is 5.59. The minimum absolute atomic E-state index is 0.0561. The number of aromatic nitrogens is 1. The Balaban J connectivity index is 2.87. The Morgan fingerprint density at radius 3 is 2.76 bits per heavy atom. The number of hydrogen-bond donors (Lipinski definition) is 1. The largest absolute Gasteiger partial charge is 0.496 e. The second-order valence-corrected chi connectivity index (χ2v) is 4.29. The fourth-order valence-electron chi connectivity index (χ4n) is 2.00. The van der Waals surface area contributed by atoms with E-state index in [1.165, 1.54) is 25.3 Å². The van der Waals surface area contributed by atoms with Crippen molar-refractivity contribution in [2.75, 3.05) is 7.11 Å². The number of nitriles is 1. The van der Waals surface area contributed by atoms with Crippen LogP contribution < -0.4 is 4.74 Å². The summed E-state index contributed by atoms with van der Waals surface area (Å²) in [5, 5.41) is 18.2. The monoisotopic (exact) mass is 286 g/mol. The van der Waals surface area contributed by atoms with Gasteiger partial charge in [0.25, 0.3) is 0 Å². The highest BCUT2D eigenvalue weighted by Gasteiger charge is 2.21. The van der Waals surface area contributed by atoms with E-state index in [0.29, 0.717) is 5.69 Å². The number of methoxy groups -OCH3 is 1. The standard InChI is InChI=1S/C15H11FN2O3/c1-8-5-10(11(7-18-8)15(19)20)13-12(21-2)4-3-9(6-17)14(13)16/h3-5,7H,1-2H3,(H,19,20). The number of carboxylic acid groups (broad SMARTS) is 1. The number of hydrogen-bond acceptors (Lipinski definition) is 4. The fraction of sp³-hybridized carbons (Fsp3) is 0.133. The van der Waals surface area contributed by atoms with Gasteiger partial charge in [0.1, 0.15) is 11.8 Å². The minimum atomic E-state index is -1.23. The first kappa shape index (κ1) is 14.5. The van der Waals surface area contributed by atoms with Gasteiger partial charge in [0.2, 0.25) is 0 Å². The quantitative estimate of drug-likeness (QED) is 0.938. The number of ether oxygens (including phenoxy) is 1. The van der Waals surface area contributed by atoms with Crippen LogP contribution in [0.3, 0.4) is 0 Å². The molecule has 1 heterocycles. The Labute approximate surface area is 120 Å². The lowest BCUT2D eigenvalue weighted by atomic mass is 9.97. The number of pyridine rings is 1. The van der Waals surface area contributed by atoms with Crippen LogP contribution in [0.25, 0.3) is 11.1 Å². The molecule has 6 heteroatoms. The van der Waals surface area contributed by atoms with Crippen molar-refractivity contribution in [2.24, 2.45) is 0 Å². The molecule has 1 N–H and O–H groups in total. The smallest absolute Gasteiger partial charge is 0.337 e. The lowest BCUT2D eigenvalue weighted by Gasteiger charge is -2.13. The van der Waals surface area contributed by atoms with E-state index in [0.717, 1.165) is 6.20 Å². The molecule has 0 atom stereocenters. The zero-order chi connectivity index (χ0) is 15.6. The molecule has 0 saturated heterocycles. The van der Waals surface area contributed by atoms with Crippen LogP contribution in [-0.2, 0) is 0 Å². The summed E-state index contributed by atoms with van der Waals surface area (Å²) in [7, 11) is 1.35. The molecule has 0 spiro atoms. The van der Waals surface area contributed by atoms with Crippen LogP contribution in [0.5, 0.6) is 5.75 Å². The van der Waals surface area contributed by atoms with Crippen LogP contribution >= 0.6 is 0 Å². The summed E-state index contributed by atoms with van der Waals surface area (Å²) in [5.74, 6) is -1.90. The van der Waals surface area contributed by atoms with Crippen LogP contribution in [0, 0.1) is 24.1 Å². The van der Waals surface area contributed by atoms with E-state index in [-0.39, 0.29) is 28.0 Å². The Kier molecular flexibility index (Phi) is 3.85. The number of rotatable bonds is 3. The van der Waals surface area contributed by atoms with E-state index in [1.54, 1.807) is 13.0 Å². The maximum atomic E-state index is 14.5. The van der Waals surface area contributed by atoms with E-state index in [1.807, 2.05) is 0 Å². The van der Waals surface area contributed by atoms with Gasteiger partial charge in [-0.25, -0.2) is 9.18 Å². The number of benzene rings is 1. The average molecular weight is 286 g/mol. The summed E-state index contributed by atoms with van der Waals surface area (Å²) in [6.07, 6.45) is 1.16. The molecule has 0 amide bonds. The maximum absolute atomic E-state index is 14.5. The van der Waals surface area contributed by atoms with E-state index in [2.05, 4.69) is 4.98 Å². The average Bonchev–Trinajstić information content (AvgIpc) is 2.46. The van der Waals surface area contributed by atoms with Crippen molar-refractivity contribution in [1.29, 1.82) is 5.26 Å².